The number of carbonyl (C=O) groups excluding carboxylic acids is 1. The lowest BCUT2D eigenvalue weighted by Crippen LogP contribution is -2.49. The van der Waals surface area contributed by atoms with Crippen LogP contribution in [-0.2, 0) is 23.0 Å². The molecule has 0 spiro atoms. The maximum absolute atomic E-state index is 14.0. The number of fused-ring (bicyclic) bond motifs is 3. The van der Waals surface area contributed by atoms with Gasteiger partial charge in [0.25, 0.3) is 0 Å². The molecule has 36 heavy (non-hydrogen) atoms. The fourth-order valence-electron chi connectivity index (χ4n) is 6.25. The maximum atomic E-state index is 14.0. The van der Waals surface area contributed by atoms with Crippen LogP contribution < -0.4 is 4.90 Å². The molecule has 0 radical (unpaired) electrons. The number of Topliss-reactive ketones (excluding diaryl/α,β-unsaturated/α-hetero) is 1. The van der Waals surface area contributed by atoms with Crippen molar-refractivity contribution in [2.24, 2.45) is 0 Å². The second-order valence-electron chi connectivity index (χ2n) is 10.5. The molecule has 2 aromatic carbocycles. The fourth-order valence-corrected chi connectivity index (χ4v) is 6.25. The molecule has 4 aliphatic rings. The molecule has 0 atom stereocenters. The fraction of sp³-hybridized carbons (Fsp3) is 0.484. The van der Waals surface area contributed by atoms with Crippen molar-refractivity contribution in [3.05, 3.63) is 69.3 Å². The van der Waals surface area contributed by atoms with Gasteiger partial charge < -0.3 is 9.64 Å². The Kier molecular flexibility index (Phi) is 3.95. The molecule has 0 unspecified atom stereocenters. The highest BCUT2D eigenvalue weighted by atomic mass is 16.5. The first-order valence-electron chi connectivity index (χ1n) is 16.6. The summed E-state index contributed by atoms with van der Waals surface area (Å²) in [6.45, 7) is -4.84. The van der Waals surface area contributed by atoms with Gasteiger partial charge in [0.15, 0.2) is 5.78 Å². The van der Waals surface area contributed by atoms with Crippen LogP contribution in [0.5, 0.6) is 0 Å². The Morgan fingerprint density at radius 2 is 1.89 bits per heavy atom. The van der Waals surface area contributed by atoms with Crippen LogP contribution in [0.1, 0.15) is 82.8 Å². The smallest absolute Gasteiger partial charge is 0.193 e. The zero-order valence-electron chi connectivity index (χ0n) is 28.9. The molecular weight excluding hydrogens is 446 g/mol. The van der Waals surface area contributed by atoms with Gasteiger partial charge in [0.05, 0.1) is 30.2 Å². The number of benzene rings is 2. The van der Waals surface area contributed by atoms with Crippen molar-refractivity contribution in [2.45, 2.75) is 57.9 Å². The second-order valence-corrected chi connectivity index (χ2v) is 10.5. The molecule has 2 aliphatic heterocycles. The van der Waals surface area contributed by atoms with Crippen LogP contribution in [-0.4, -0.2) is 55.9 Å². The van der Waals surface area contributed by atoms with Gasteiger partial charge in [0, 0.05) is 59.8 Å². The quantitative estimate of drug-likeness (QED) is 0.614. The summed E-state index contributed by atoms with van der Waals surface area (Å²) in [4.78, 5) is 16.9. The van der Waals surface area contributed by atoms with Crippen molar-refractivity contribution in [1.82, 2.24) is 4.90 Å². The molecule has 0 saturated carbocycles. The zero-order valence-corrected chi connectivity index (χ0v) is 20.9. The molecular formula is C31H35N3O2. The lowest BCUT2D eigenvalue weighted by atomic mass is 9.68. The SMILES string of the molecule is [2H]C1([2H])OC([2H])([2H])C([2H])([2H])N(C2CCN(c3cc4c(cc3CC)C(=O)C3=C(Cc5cc(C#N)ccc53)C4(C)C)CC2)C1([2H])[2H]. The van der Waals surface area contributed by atoms with Gasteiger partial charge in [0.2, 0.25) is 0 Å². The Bertz CT molecular complexity index is 1630. The molecule has 6 rings (SSSR count). The molecule has 2 saturated heterocycles. The van der Waals surface area contributed by atoms with E-state index in [0.717, 1.165) is 39.1 Å². The Hall–Kier alpha value is -2.94. The van der Waals surface area contributed by atoms with Gasteiger partial charge in [-0.3, -0.25) is 9.69 Å². The van der Waals surface area contributed by atoms with Crippen LogP contribution in [0.15, 0.2) is 35.9 Å². The number of nitriles is 1. The van der Waals surface area contributed by atoms with E-state index >= 15 is 0 Å². The average Bonchev–Trinajstić information content (AvgIpc) is 3.34. The number of rotatable bonds is 3. The van der Waals surface area contributed by atoms with Crippen molar-refractivity contribution in [3.63, 3.8) is 0 Å². The van der Waals surface area contributed by atoms with Crippen molar-refractivity contribution < 1.29 is 20.5 Å². The molecule has 0 amide bonds. The number of anilines is 1. The Balaban J connectivity index is 1.32. The summed E-state index contributed by atoms with van der Waals surface area (Å²) in [6, 6.07) is 11.0. The highest BCUT2D eigenvalue weighted by molar-refractivity contribution is 6.33. The third-order valence-corrected chi connectivity index (χ3v) is 8.28. The summed E-state index contributed by atoms with van der Waals surface area (Å²) in [5, 5.41) is 9.41. The van der Waals surface area contributed by atoms with Crippen molar-refractivity contribution in [1.29, 1.82) is 5.26 Å². The number of hydrogen-bond donors (Lipinski definition) is 0. The number of ketones is 1. The molecule has 5 heteroatoms. The average molecular weight is 490 g/mol. The Morgan fingerprint density at radius 3 is 2.58 bits per heavy atom. The first kappa shape index (κ1) is 16.0. The number of aryl methyl sites for hydroxylation is 1. The first-order valence-corrected chi connectivity index (χ1v) is 12.6. The number of piperidine rings is 1. The second kappa shape index (κ2) is 8.87. The monoisotopic (exact) mass is 489 g/mol. The van der Waals surface area contributed by atoms with Crippen LogP contribution in [0.25, 0.3) is 5.57 Å². The Labute approximate surface area is 225 Å². The predicted molar refractivity (Wildman–Crippen MR) is 143 cm³/mol. The number of allylic oxidation sites excluding steroid dienone is 2. The van der Waals surface area contributed by atoms with Gasteiger partial charge >= 0.3 is 0 Å². The summed E-state index contributed by atoms with van der Waals surface area (Å²) in [7, 11) is 0. The van der Waals surface area contributed by atoms with Crippen molar-refractivity contribution in [2.75, 3.05) is 44.1 Å². The number of ether oxygens (including phenoxy) is 1. The summed E-state index contributed by atoms with van der Waals surface area (Å²) in [5.41, 5.74) is 7.28. The molecule has 0 bridgehead atoms. The number of morpholine rings is 1. The largest absolute Gasteiger partial charge is 0.379 e. The van der Waals surface area contributed by atoms with Gasteiger partial charge in [-0.1, -0.05) is 26.8 Å². The highest BCUT2D eigenvalue weighted by Crippen LogP contribution is 2.51. The van der Waals surface area contributed by atoms with E-state index in [9.17, 15) is 10.1 Å². The third kappa shape index (κ3) is 3.62. The molecule has 2 fully saturated rings. The van der Waals surface area contributed by atoms with Gasteiger partial charge in [0.1, 0.15) is 0 Å². The lowest BCUT2D eigenvalue weighted by Gasteiger charge is -2.42. The molecule has 0 aromatic heterocycles. The summed E-state index contributed by atoms with van der Waals surface area (Å²) >= 11 is 0. The predicted octanol–water partition coefficient (Wildman–Crippen LogP) is 4.91. The minimum atomic E-state index is -3.06. The molecule has 0 N–H and O–H groups in total. The van der Waals surface area contributed by atoms with Gasteiger partial charge in [-0.2, -0.15) is 5.26 Å². The summed E-state index contributed by atoms with van der Waals surface area (Å²) in [6.07, 6.45) is 1.82. The van der Waals surface area contributed by atoms with E-state index in [0.29, 0.717) is 42.0 Å². The van der Waals surface area contributed by atoms with E-state index in [1.165, 1.54) is 0 Å². The first-order chi connectivity index (χ1) is 20.4. The van der Waals surface area contributed by atoms with Crippen molar-refractivity contribution in [3.8, 4) is 6.07 Å². The van der Waals surface area contributed by atoms with Crippen LogP contribution in [0.2, 0.25) is 0 Å². The van der Waals surface area contributed by atoms with Gasteiger partial charge in [-0.15, -0.1) is 0 Å². The minimum absolute atomic E-state index is 0.0157. The van der Waals surface area contributed by atoms with Crippen LogP contribution in [0.4, 0.5) is 5.69 Å². The Morgan fingerprint density at radius 1 is 1.14 bits per heavy atom. The van der Waals surface area contributed by atoms with E-state index < -0.39 is 37.6 Å². The number of carbonyl (C=O) groups is 1. The van der Waals surface area contributed by atoms with Crippen LogP contribution in [0, 0.1) is 11.3 Å². The van der Waals surface area contributed by atoms with Crippen LogP contribution >= 0.6 is 0 Å². The summed E-state index contributed by atoms with van der Waals surface area (Å²) < 4.78 is 70.7. The summed E-state index contributed by atoms with van der Waals surface area (Å²) in [5.74, 6) is -0.0157. The van der Waals surface area contributed by atoms with Gasteiger partial charge in [-0.05, 0) is 77.8 Å². The minimum Gasteiger partial charge on any atom is -0.379 e. The maximum Gasteiger partial charge on any atom is 0.193 e. The third-order valence-electron chi connectivity index (χ3n) is 8.28. The number of hydrogen-bond acceptors (Lipinski definition) is 5. The van der Waals surface area contributed by atoms with E-state index in [-0.39, 0.29) is 18.6 Å². The lowest BCUT2D eigenvalue weighted by molar-refractivity contribution is 0.0115. The molecule has 2 aromatic rings. The zero-order chi connectivity index (χ0) is 32.2. The van der Waals surface area contributed by atoms with Crippen molar-refractivity contribution >= 4 is 17.0 Å². The molecule has 2 heterocycles. The number of nitrogens with zero attached hydrogens (tertiary/aromatic N) is 3. The highest BCUT2D eigenvalue weighted by Gasteiger charge is 2.43. The molecule has 5 nitrogen and oxygen atoms in total. The normalized spacial score (nSPS) is 30.6. The molecule has 2 aliphatic carbocycles. The molecule has 186 valence electrons. The van der Waals surface area contributed by atoms with Crippen LogP contribution in [0.3, 0.4) is 0 Å². The topological polar surface area (TPSA) is 56.6 Å². The van der Waals surface area contributed by atoms with Gasteiger partial charge in [-0.25, -0.2) is 0 Å². The van der Waals surface area contributed by atoms with E-state index in [1.54, 1.807) is 6.07 Å². The van der Waals surface area contributed by atoms with E-state index in [1.807, 2.05) is 25.1 Å². The van der Waals surface area contributed by atoms with E-state index in [4.69, 9.17) is 15.7 Å². The standard InChI is InChI=1S/C31H35N3O2/c1-4-21-16-25-26(18-28(21)34-9-7-23(8-10-34)33-11-13-36-14-12-33)31(2,3)27-17-22-15-20(19-32)5-6-24(22)29(27)30(25)35/h5-6,15-16,18,23H,4,7-14,17H2,1-3H3/i11D2,12D2,13D2,14D2. The van der Waals surface area contributed by atoms with E-state index in [2.05, 4.69) is 30.9 Å².